The summed E-state index contributed by atoms with van der Waals surface area (Å²) in [6, 6.07) is 11.2. The number of benzene rings is 1. The van der Waals surface area contributed by atoms with Crippen LogP contribution in [0.1, 0.15) is 18.5 Å². The molecule has 1 atom stereocenters. The summed E-state index contributed by atoms with van der Waals surface area (Å²) >= 11 is 1.22. The van der Waals surface area contributed by atoms with Crippen molar-refractivity contribution in [2.45, 2.75) is 17.2 Å². The molecule has 1 aromatic carbocycles. The van der Waals surface area contributed by atoms with Crippen LogP contribution in [-0.2, 0) is 14.8 Å². The van der Waals surface area contributed by atoms with E-state index in [2.05, 4.69) is 9.62 Å². The highest BCUT2D eigenvalue weighted by atomic mass is 32.2. The predicted molar refractivity (Wildman–Crippen MR) is 102 cm³/mol. The minimum Gasteiger partial charge on any atom is -0.494 e. The molecule has 0 saturated carbocycles. The highest BCUT2D eigenvalue weighted by Gasteiger charge is 2.25. The van der Waals surface area contributed by atoms with E-state index in [4.69, 9.17) is 9.47 Å². The van der Waals surface area contributed by atoms with E-state index in [0.29, 0.717) is 30.6 Å². The molecule has 6 nitrogen and oxygen atoms in total. The van der Waals surface area contributed by atoms with Gasteiger partial charge in [0.25, 0.3) is 0 Å². The van der Waals surface area contributed by atoms with Crippen molar-refractivity contribution in [2.24, 2.45) is 0 Å². The molecule has 2 heterocycles. The lowest BCUT2D eigenvalue weighted by molar-refractivity contribution is 0.0172. The first-order chi connectivity index (χ1) is 12.6. The molecule has 26 heavy (non-hydrogen) atoms. The molecule has 0 radical (unpaired) electrons. The van der Waals surface area contributed by atoms with Crippen LogP contribution in [0.3, 0.4) is 0 Å². The molecule has 0 amide bonds. The van der Waals surface area contributed by atoms with Crippen molar-refractivity contribution in [1.82, 2.24) is 9.62 Å². The van der Waals surface area contributed by atoms with Gasteiger partial charge in [-0.05, 0) is 36.1 Å². The van der Waals surface area contributed by atoms with Crippen LogP contribution < -0.4 is 9.46 Å². The summed E-state index contributed by atoms with van der Waals surface area (Å²) in [5.74, 6) is 0.816. The van der Waals surface area contributed by atoms with E-state index in [1.807, 2.05) is 31.2 Å². The minimum absolute atomic E-state index is 0.0516. The Kier molecular flexibility index (Phi) is 6.66. The fourth-order valence-electron chi connectivity index (χ4n) is 2.98. The summed E-state index contributed by atoms with van der Waals surface area (Å²) in [7, 11) is -3.49. The largest absolute Gasteiger partial charge is 0.494 e. The fourth-order valence-corrected chi connectivity index (χ4v) is 5.05. The van der Waals surface area contributed by atoms with Gasteiger partial charge in [-0.15, -0.1) is 11.3 Å². The van der Waals surface area contributed by atoms with E-state index in [9.17, 15) is 8.42 Å². The normalized spacial score (nSPS) is 17.1. The van der Waals surface area contributed by atoms with Crippen LogP contribution in [0.5, 0.6) is 5.75 Å². The second-order valence-corrected chi connectivity index (χ2v) is 8.89. The molecule has 1 N–H and O–H groups in total. The molecule has 1 aromatic heterocycles. The summed E-state index contributed by atoms with van der Waals surface area (Å²) in [5, 5.41) is 1.76. The minimum atomic E-state index is -3.49. The first-order valence-electron chi connectivity index (χ1n) is 8.68. The van der Waals surface area contributed by atoms with Gasteiger partial charge in [0.2, 0.25) is 10.0 Å². The maximum absolute atomic E-state index is 12.5. The summed E-state index contributed by atoms with van der Waals surface area (Å²) in [6.45, 7) is 5.75. The average Bonchev–Trinajstić information content (AvgIpc) is 3.20. The molecular formula is C18H24N2O4S2. The lowest BCUT2D eigenvalue weighted by Gasteiger charge is -2.34. The maximum Gasteiger partial charge on any atom is 0.250 e. The first kappa shape index (κ1) is 19.3. The Hall–Kier alpha value is -1.45. The third-order valence-corrected chi connectivity index (χ3v) is 7.11. The molecule has 1 saturated heterocycles. The van der Waals surface area contributed by atoms with Gasteiger partial charge in [-0.1, -0.05) is 18.2 Å². The highest BCUT2D eigenvalue weighted by Crippen LogP contribution is 2.25. The Labute approximate surface area is 158 Å². The molecule has 2 aromatic rings. The third kappa shape index (κ3) is 4.83. The van der Waals surface area contributed by atoms with Crippen molar-refractivity contribution in [2.75, 3.05) is 39.5 Å². The number of sulfonamides is 1. The van der Waals surface area contributed by atoms with E-state index in [1.54, 1.807) is 17.5 Å². The summed E-state index contributed by atoms with van der Waals surface area (Å²) in [5.41, 5.74) is 1.06. The number of nitrogens with one attached hydrogen (secondary N) is 1. The topological polar surface area (TPSA) is 67.9 Å². The molecular weight excluding hydrogens is 372 g/mol. The van der Waals surface area contributed by atoms with Crippen molar-refractivity contribution in [3.63, 3.8) is 0 Å². The smallest absolute Gasteiger partial charge is 0.250 e. The molecule has 1 aliphatic rings. The van der Waals surface area contributed by atoms with E-state index >= 15 is 0 Å². The van der Waals surface area contributed by atoms with Gasteiger partial charge < -0.3 is 9.47 Å². The molecule has 0 bridgehead atoms. The van der Waals surface area contributed by atoms with Gasteiger partial charge in [0.15, 0.2) is 0 Å². The zero-order chi connectivity index (χ0) is 18.4. The van der Waals surface area contributed by atoms with Gasteiger partial charge in [0.05, 0.1) is 19.8 Å². The SMILES string of the molecule is CCOc1ccc(C(CNS(=O)(=O)c2cccs2)N2CCOCC2)cc1. The lowest BCUT2D eigenvalue weighted by atomic mass is 10.0. The van der Waals surface area contributed by atoms with Crippen molar-refractivity contribution in [1.29, 1.82) is 0 Å². The Balaban J connectivity index is 1.77. The zero-order valence-corrected chi connectivity index (χ0v) is 16.4. The molecule has 142 valence electrons. The monoisotopic (exact) mass is 396 g/mol. The Bertz CT molecular complexity index is 770. The van der Waals surface area contributed by atoms with Crippen molar-refractivity contribution in [3.8, 4) is 5.75 Å². The van der Waals surface area contributed by atoms with Crippen LogP contribution >= 0.6 is 11.3 Å². The van der Waals surface area contributed by atoms with E-state index in [1.165, 1.54) is 11.3 Å². The van der Waals surface area contributed by atoms with Gasteiger partial charge in [-0.3, -0.25) is 4.90 Å². The average molecular weight is 397 g/mol. The number of rotatable bonds is 8. The number of thiophene rings is 1. The highest BCUT2D eigenvalue weighted by molar-refractivity contribution is 7.91. The fraction of sp³-hybridized carbons (Fsp3) is 0.444. The van der Waals surface area contributed by atoms with Crippen LogP contribution in [0.25, 0.3) is 0 Å². The molecule has 3 rings (SSSR count). The second kappa shape index (κ2) is 8.96. The van der Waals surface area contributed by atoms with Crippen LogP contribution in [0.4, 0.5) is 0 Å². The van der Waals surface area contributed by atoms with Gasteiger partial charge in [-0.2, -0.15) is 0 Å². The number of morpholine rings is 1. The molecule has 8 heteroatoms. The van der Waals surface area contributed by atoms with Crippen LogP contribution in [-0.4, -0.2) is 52.8 Å². The van der Waals surface area contributed by atoms with Crippen molar-refractivity contribution >= 4 is 21.4 Å². The van der Waals surface area contributed by atoms with E-state index in [0.717, 1.165) is 24.4 Å². The predicted octanol–water partition coefficient (Wildman–Crippen LogP) is 2.50. The van der Waals surface area contributed by atoms with E-state index in [-0.39, 0.29) is 6.04 Å². The second-order valence-electron chi connectivity index (χ2n) is 5.95. The van der Waals surface area contributed by atoms with Gasteiger partial charge in [0, 0.05) is 25.7 Å². The Morgan fingerprint density at radius 3 is 2.58 bits per heavy atom. The summed E-state index contributed by atoms with van der Waals surface area (Å²) in [6.07, 6.45) is 0. The molecule has 1 fully saturated rings. The van der Waals surface area contributed by atoms with E-state index < -0.39 is 10.0 Å². The van der Waals surface area contributed by atoms with Gasteiger partial charge in [-0.25, -0.2) is 13.1 Å². The van der Waals surface area contributed by atoms with Gasteiger partial charge >= 0.3 is 0 Å². The van der Waals surface area contributed by atoms with Crippen LogP contribution in [0.2, 0.25) is 0 Å². The Morgan fingerprint density at radius 2 is 1.96 bits per heavy atom. The standard InChI is InChI=1S/C18H24N2O4S2/c1-2-24-16-7-5-15(6-8-16)17(20-9-11-23-12-10-20)14-19-26(21,22)18-4-3-13-25-18/h3-8,13,17,19H,2,9-12,14H2,1H3. The molecule has 0 spiro atoms. The van der Waals surface area contributed by atoms with Crippen LogP contribution in [0.15, 0.2) is 46.0 Å². The Morgan fingerprint density at radius 1 is 1.23 bits per heavy atom. The van der Waals surface area contributed by atoms with Crippen molar-refractivity contribution < 1.29 is 17.9 Å². The molecule has 1 unspecified atom stereocenters. The lowest BCUT2D eigenvalue weighted by Crippen LogP contribution is -2.43. The number of hydrogen-bond acceptors (Lipinski definition) is 6. The quantitative estimate of drug-likeness (QED) is 0.743. The van der Waals surface area contributed by atoms with Crippen LogP contribution in [0, 0.1) is 0 Å². The number of nitrogens with zero attached hydrogens (tertiary/aromatic N) is 1. The van der Waals surface area contributed by atoms with Crippen molar-refractivity contribution in [3.05, 3.63) is 47.3 Å². The molecule has 0 aliphatic carbocycles. The number of ether oxygens (including phenoxy) is 2. The third-order valence-electron chi connectivity index (χ3n) is 4.29. The van der Waals surface area contributed by atoms with Gasteiger partial charge in [0.1, 0.15) is 9.96 Å². The summed E-state index contributed by atoms with van der Waals surface area (Å²) < 4.78 is 39.0. The number of hydrogen-bond donors (Lipinski definition) is 1. The first-order valence-corrected chi connectivity index (χ1v) is 11.0. The molecule has 1 aliphatic heterocycles. The maximum atomic E-state index is 12.5. The zero-order valence-electron chi connectivity index (χ0n) is 14.8. The summed E-state index contributed by atoms with van der Waals surface area (Å²) in [4.78, 5) is 2.26.